The molecule has 17 heavy (non-hydrogen) atoms. The molecule has 0 bridgehead atoms. The summed E-state index contributed by atoms with van der Waals surface area (Å²) in [6.07, 6.45) is 3.70. The summed E-state index contributed by atoms with van der Waals surface area (Å²) >= 11 is 5.75. The summed E-state index contributed by atoms with van der Waals surface area (Å²) in [4.78, 5) is 11.7. The Bertz CT molecular complexity index is 660. The van der Waals surface area contributed by atoms with E-state index in [9.17, 15) is 0 Å². The van der Waals surface area contributed by atoms with Gasteiger partial charge >= 0.3 is 0 Å². The van der Waals surface area contributed by atoms with Gasteiger partial charge in [-0.05, 0) is 12.1 Å². The fraction of sp³-hybridized carbons (Fsp3) is 0.0769. The molecule has 3 rings (SSSR count). The highest BCUT2D eigenvalue weighted by Gasteiger charge is 2.07. The van der Waals surface area contributed by atoms with Crippen LogP contribution in [-0.2, 0) is 5.88 Å². The highest BCUT2D eigenvalue weighted by molar-refractivity contribution is 6.16. The number of H-pyrrole nitrogens is 1. The van der Waals surface area contributed by atoms with E-state index in [4.69, 9.17) is 11.6 Å². The molecule has 3 aromatic rings. The van der Waals surface area contributed by atoms with Gasteiger partial charge in [-0.25, -0.2) is 9.97 Å². The van der Waals surface area contributed by atoms with Crippen LogP contribution < -0.4 is 0 Å². The number of para-hydroxylation sites is 1. The van der Waals surface area contributed by atoms with Gasteiger partial charge < -0.3 is 4.98 Å². The normalized spacial score (nSPS) is 10.9. The predicted molar refractivity (Wildman–Crippen MR) is 68.9 cm³/mol. The van der Waals surface area contributed by atoms with E-state index in [0.717, 1.165) is 22.2 Å². The standard InChI is InChI=1S/C13H10ClN3/c14-7-13-15-6-5-12(17-13)10-8-16-11-4-2-1-3-9(10)11/h1-6,8,16H,7H2. The molecule has 0 aliphatic carbocycles. The van der Waals surface area contributed by atoms with E-state index in [1.165, 1.54) is 0 Å². The van der Waals surface area contributed by atoms with E-state index in [1.54, 1.807) is 6.20 Å². The van der Waals surface area contributed by atoms with Crippen molar-refractivity contribution in [2.24, 2.45) is 0 Å². The lowest BCUT2D eigenvalue weighted by Crippen LogP contribution is -1.92. The van der Waals surface area contributed by atoms with Crippen LogP contribution in [-0.4, -0.2) is 15.0 Å². The van der Waals surface area contributed by atoms with Crippen LogP contribution in [0.25, 0.3) is 22.2 Å². The number of fused-ring (bicyclic) bond motifs is 1. The second-order valence-corrected chi connectivity index (χ2v) is 4.01. The van der Waals surface area contributed by atoms with Gasteiger partial charge in [0.05, 0.1) is 11.6 Å². The fourth-order valence-corrected chi connectivity index (χ4v) is 2.03. The van der Waals surface area contributed by atoms with Crippen molar-refractivity contribution in [1.82, 2.24) is 15.0 Å². The minimum Gasteiger partial charge on any atom is -0.360 e. The lowest BCUT2D eigenvalue weighted by molar-refractivity contribution is 1.04. The van der Waals surface area contributed by atoms with Gasteiger partial charge in [-0.1, -0.05) is 18.2 Å². The maximum Gasteiger partial charge on any atom is 0.143 e. The summed E-state index contributed by atoms with van der Waals surface area (Å²) in [7, 11) is 0. The molecule has 4 heteroatoms. The number of hydrogen-bond donors (Lipinski definition) is 1. The Kier molecular flexibility index (Phi) is 2.53. The summed E-state index contributed by atoms with van der Waals surface area (Å²) in [6, 6.07) is 10.0. The van der Waals surface area contributed by atoms with E-state index in [-0.39, 0.29) is 0 Å². The Morgan fingerprint density at radius 1 is 1.18 bits per heavy atom. The molecule has 2 heterocycles. The number of rotatable bonds is 2. The molecule has 84 valence electrons. The molecule has 2 aromatic heterocycles. The molecule has 0 radical (unpaired) electrons. The van der Waals surface area contributed by atoms with Gasteiger partial charge in [0, 0.05) is 28.9 Å². The van der Waals surface area contributed by atoms with Crippen molar-refractivity contribution in [3.63, 3.8) is 0 Å². The average molecular weight is 244 g/mol. The zero-order valence-electron chi connectivity index (χ0n) is 9.02. The van der Waals surface area contributed by atoms with Crippen LogP contribution in [0, 0.1) is 0 Å². The van der Waals surface area contributed by atoms with Gasteiger partial charge in [0.15, 0.2) is 0 Å². The number of alkyl halides is 1. The number of hydrogen-bond acceptors (Lipinski definition) is 2. The highest BCUT2D eigenvalue weighted by Crippen LogP contribution is 2.26. The van der Waals surface area contributed by atoms with E-state index in [0.29, 0.717) is 11.7 Å². The van der Waals surface area contributed by atoms with E-state index < -0.39 is 0 Å². The Balaban J connectivity index is 2.20. The van der Waals surface area contributed by atoms with Crippen molar-refractivity contribution in [3.05, 3.63) is 48.5 Å². The lowest BCUT2D eigenvalue weighted by atomic mass is 10.1. The first-order valence-corrected chi connectivity index (χ1v) is 5.86. The van der Waals surface area contributed by atoms with Crippen LogP contribution in [0.3, 0.4) is 0 Å². The third-order valence-corrected chi connectivity index (χ3v) is 2.93. The maximum atomic E-state index is 5.75. The lowest BCUT2D eigenvalue weighted by Gasteiger charge is -2.00. The largest absolute Gasteiger partial charge is 0.360 e. The smallest absolute Gasteiger partial charge is 0.143 e. The van der Waals surface area contributed by atoms with Gasteiger partial charge in [-0.2, -0.15) is 0 Å². The number of nitrogens with one attached hydrogen (secondary N) is 1. The molecule has 0 saturated carbocycles. The molecular formula is C13H10ClN3. The van der Waals surface area contributed by atoms with Crippen LogP contribution >= 0.6 is 11.6 Å². The first kappa shape index (κ1) is 10.3. The summed E-state index contributed by atoms with van der Waals surface area (Å²) in [6.45, 7) is 0. The van der Waals surface area contributed by atoms with Crippen LogP contribution in [0.5, 0.6) is 0 Å². The monoisotopic (exact) mass is 243 g/mol. The van der Waals surface area contributed by atoms with Gasteiger partial charge in [-0.3, -0.25) is 0 Å². The first-order valence-electron chi connectivity index (χ1n) is 5.33. The topological polar surface area (TPSA) is 41.6 Å². The summed E-state index contributed by atoms with van der Waals surface area (Å²) in [5.74, 6) is 0.977. The Labute approximate surface area is 103 Å². The van der Waals surface area contributed by atoms with Crippen molar-refractivity contribution in [2.45, 2.75) is 5.88 Å². The average Bonchev–Trinajstić information content (AvgIpc) is 2.82. The van der Waals surface area contributed by atoms with Crippen molar-refractivity contribution >= 4 is 22.5 Å². The van der Waals surface area contributed by atoms with E-state index >= 15 is 0 Å². The Hall–Kier alpha value is -1.87. The number of nitrogens with zero attached hydrogens (tertiary/aromatic N) is 2. The van der Waals surface area contributed by atoms with Crippen molar-refractivity contribution < 1.29 is 0 Å². The second-order valence-electron chi connectivity index (χ2n) is 3.74. The Morgan fingerprint density at radius 3 is 2.94 bits per heavy atom. The molecule has 1 N–H and O–H groups in total. The zero-order valence-corrected chi connectivity index (χ0v) is 9.78. The number of aromatic amines is 1. The molecule has 0 unspecified atom stereocenters. The third kappa shape index (κ3) is 1.78. The molecule has 0 fully saturated rings. The molecule has 0 aliphatic heterocycles. The quantitative estimate of drug-likeness (QED) is 0.701. The minimum absolute atomic E-state index is 0.330. The van der Waals surface area contributed by atoms with Crippen LogP contribution in [0.15, 0.2) is 42.7 Å². The predicted octanol–water partition coefficient (Wildman–Crippen LogP) is 3.36. The summed E-state index contributed by atoms with van der Waals surface area (Å²) < 4.78 is 0. The molecule has 0 saturated heterocycles. The third-order valence-electron chi connectivity index (χ3n) is 2.69. The number of benzene rings is 1. The molecular weight excluding hydrogens is 234 g/mol. The van der Waals surface area contributed by atoms with Crippen molar-refractivity contribution in [1.29, 1.82) is 0 Å². The van der Waals surface area contributed by atoms with Gasteiger partial charge in [0.2, 0.25) is 0 Å². The van der Waals surface area contributed by atoms with Gasteiger partial charge in [0.1, 0.15) is 5.82 Å². The molecule has 0 atom stereocenters. The molecule has 0 spiro atoms. The minimum atomic E-state index is 0.330. The number of halogens is 1. The zero-order chi connectivity index (χ0) is 11.7. The van der Waals surface area contributed by atoms with Gasteiger partial charge in [-0.15, -0.1) is 11.6 Å². The summed E-state index contributed by atoms with van der Waals surface area (Å²) in [5, 5.41) is 1.16. The van der Waals surface area contributed by atoms with E-state index in [1.807, 2.05) is 30.5 Å². The van der Waals surface area contributed by atoms with Crippen LogP contribution in [0.2, 0.25) is 0 Å². The molecule has 1 aromatic carbocycles. The second kappa shape index (κ2) is 4.18. The molecule has 0 amide bonds. The molecule has 3 nitrogen and oxygen atoms in total. The fourth-order valence-electron chi connectivity index (χ4n) is 1.90. The number of aromatic nitrogens is 3. The molecule has 0 aliphatic rings. The van der Waals surface area contributed by atoms with Crippen LogP contribution in [0.4, 0.5) is 0 Å². The highest BCUT2D eigenvalue weighted by atomic mass is 35.5. The van der Waals surface area contributed by atoms with Crippen molar-refractivity contribution in [3.8, 4) is 11.3 Å². The maximum absolute atomic E-state index is 5.75. The van der Waals surface area contributed by atoms with Crippen molar-refractivity contribution in [2.75, 3.05) is 0 Å². The van der Waals surface area contributed by atoms with Crippen LogP contribution in [0.1, 0.15) is 5.82 Å². The van der Waals surface area contributed by atoms with E-state index in [2.05, 4.69) is 21.0 Å². The first-order chi connectivity index (χ1) is 8.38. The summed E-state index contributed by atoms with van der Waals surface area (Å²) in [5.41, 5.74) is 3.08. The van der Waals surface area contributed by atoms with Gasteiger partial charge in [0.25, 0.3) is 0 Å². The Morgan fingerprint density at radius 2 is 2.06 bits per heavy atom. The SMILES string of the molecule is ClCc1nccc(-c2c[nH]c3ccccc23)n1.